The average molecular weight is 199 g/mol. The van der Waals surface area contributed by atoms with Crippen molar-refractivity contribution in [2.45, 2.75) is 6.23 Å². The van der Waals surface area contributed by atoms with E-state index in [0.29, 0.717) is 10.7 Å². The Morgan fingerprint density at radius 2 is 2.38 bits per heavy atom. The quantitative estimate of drug-likeness (QED) is 0.536. The van der Waals surface area contributed by atoms with Gasteiger partial charge in [0.25, 0.3) is 0 Å². The van der Waals surface area contributed by atoms with E-state index in [1.807, 2.05) is 0 Å². The van der Waals surface area contributed by atoms with E-state index < -0.39 is 6.23 Å². The van der Waals surface area contributed by atoms with Crippen LogP contribution in [0.3, 0.4) is 0 Å². The van der Waals surface area contributed by atoms with Crippen molar-refractivity contribution in [2.75, 3.05) is 0 Å². The van der Waals surface area contributed by atoms with Crippen molar-refractivity contribution in [3.8, 4) is 0 Å². The molecule has 0 bridgehead atoms. The van der Waals surface area contributed by atoms with Gasteiger partial charge in [-0.1, -0.05) is 11.6 Å². The maximum atomic E-state index is 9.11. The number of hydrogen-bond acceptors (Lipinski definition) is 3. The van der Waals surface area contributed by atoms with Gasteiger partial charge in [0.15, 0.2) is 11.9 Å². The van der Waals surface area contributed by atoms with Crippen LogP contribution >= 0.6 is 11.6 Å². The molecular formula is C8H9ClN3O+. The fourth-order valence-corrected chi connectivity index (χ4v) is 1.42. The molecule has 5 N–H and O–H groups in total. The second kappa shape index (κ2) is 3.08. The van der Waals surface area contributed by atoms with Crippen LogP contribution in [0.5, 0.6) is 0 Å². The van der Waals surface area contributed by atoms with Crippen molar-refractivity contribution in [3.63, 3.8) is 0 Å². The largest absolute Gasteiger partial charge is 0.370 e. The standard InChI is InChI=1S/C8H8ClN3O/c9-5-1-4-2-6(7(10)13)12-8(4)11-3-5/h1-3,7,13H,10H2,(H,11,12)/p+1. The maximum Gasteiger partial charge on any atom is 0.236 e. The van der Waals surface area contributed by atoms with Gasteiger partial charge < -0.3 is 5.11 Å². The molecule has 0 radical (unpaired) electrons. The molecule has 1 aliphatic heterocycles. The number of aromatic nitrogens is 1. The minimum Gasteiger partial charge on any atom is -0.370 e. The Morgan fingerprint density at radius 3 is 3.08 bits per heavy atom. The summed E-state index contributed by atoms with van der Waals surface area (Å²) in [5.41, 5.74) is 6.86. The summed E-state index contributed by atoms with van der Waals surface area (Å²) in [6, 6.07) is 1.79. The van der Waals surface area contributed by atoms with Gasteiger partial charge in [-0.3, -0.25) is 11.1 Å². The third-order valence-corrected chi connectivity index (χ3v) is 2.09. The maximum absolute atomic E-state index is 9.11. The lowest BCUT2D eigenvalue weighted by Crippen LogP contribution is -2.77. The first kappa shape index (κ1) is 8.65. The summed E-state index contributed by atoms with van der Waals surface area (Å²) in [6.45, 7) is 0. The Kier molecular flexibility index (Phi) is 2.05. The molecule has 0 spiro atoms. The van der Waals surface area contributed by atoms with Crippen molar-refractivity contribution in [2.24, 2.45) is 5.73 Å². The third-order valence-electron chi connectivity index (χ3n) is 1.88. The van der Waals surface area contributed by atoms with Crippen LogP contribution in [0.15, 0.2) is 18.0 Å². The molecule has 0 saturated carbocycles. The molecule has 0 amide bonds. The van der Waals surface area contributed by atoms with Gasteiger partial charge in [0.05, 0.1) is 16.8 Å². The molecule has 1 aromatic heterocycles. The average Bonchev–Trinajstić information content (AvgIpc) is 2.46. The van der Waals surface area contributed by atoms with Crippen LogP contribution in [0.25, 0.3) is 6.08 Å². The number of aliphatic hydroxyl groups excluding tert-OH is 1. The Hall–Kier alpha value is -0.940. The first-order valence-electron chi connectivity index (χ1n) is 3.82. The van der Waals surface area contributed by atoms with Gasteiger partial charge in [-0.15, -0.1) is 0 Å². The lowest BCUT2D eigenvalue weighted by atomic mass is 10.2. The highest BCUT2D eigenvalue weighted by molar-refractivity contribution is 6.30. The number of halogens is 1. The monoisotopic (exact) mass is 198 g/mol. The Morgan fingerprint density at radius 1 is 1.62 bits per heavy atom. The molecule has 4 nitrogen and oxygen atoms in total. The molecule has 0 saturated heterocycles. The normalized spacial score (nSPS) is 16.7. The zero-order chi connectivity index (χ0) is 9.42. The summed E-state index contributed by atoms with van der Waals surface area (Å²) in [4.78, 5) is 4.09. The number of rotatable bonds is 1. The minimum absolute atomic E-state index is 0.580. The van der Waals surface area contributed by atoms with E-state index in [0.717, 1.165) is 11.4 Å². The van der Waals surface area contributed by atoms with Gasteiger partial charge in [0.2, 0.25) is 5.82 Å². The number of nitrogens with zero attached hydrogens (tertiary/aromatic N) is 1. The van der Waals surface area contributed by atoms with Gasteiger partial charge in [-0.25, -0.2) is 4.98 Å². The zero-order valence-corrected chi connectivity index (χ0v) is 7.49. The predicted molar refractivity (Wildman–Crippen MR) is 49.0 cm³/mol. The minimum atomic E-state index is -0.951. The lowest BCUT2D eigenvalue weighted by Gasteiger charge is -2.00. The molecule has 2 heterocycles. The van der Waals surface area contributed by atoms with Crippen molar-refractivity contribution >= 4 is 23.5 Å². The summed E-state index contributed by atoms with van der Waals surface area (Å²) >= 11 is 5.75. The number of nitrogens with two attached hydrogens (primary N) is 2. The van der Waals surface area contributed by atoms with Crippen LogP contribution in [-0.4, -0.2) is 16.3 Å². The Balaban J connectivity index is 2.38. The van der Waals surface area contributed by atoms with E-state index >= 15 is 0 Å². The van der Waals surface area contributed by atoms with Gasteiger partial charge in [-0.05, 0) is 6.07 Å². The number of aliphatic hydroxyl groups is 1. The number of fused-ring (bicyclic) bond motifs is 1. The van der Waals surface area contributed by atoms with Gasteiger partial charge in [-0.2, -0.15) is 0 Å². The predicted octanol–water partition coefficient (Wildman–Crippen LogP) is -0.439. The van der Waals surface area contributed by atoms with Crippen LogP contribution < -0.4 is 11.1 Å². The highest BCUT2D eigenvalue weighted by Crippen LogP contribution is 2.20. The van der Waals surface area contributed by atoms with Gasteiger partial charge >= 0.3 is 0 Å². The second-order valence-electron chi connectivity index (χ2n) is 2.86. The first-order chi connectivity index (χ1) is 6.16. The highest BCUT2D eigenvalue weighted by Gasteiger charge is 2.22. The zero-order valence-electron chi connectivity index (χ0n) is 6.74. The van der Waals surface area contributed by atoms with Crippen LogP contribution in [0.2, 0.25) is 5.02 Å². The molecular weight excluding hydrogens is 190 g/mol. The molecule has 13 heavy (non-hydrogen) atoms. The van der Waals surface area contributed by atoms with Crippen LogP contribution in [0.1, 0.15) is 5.56 Å². The molecule has 1 unspecified atom stereocenters. The van der Waals surface area contributed by atoms with E-state index in [4.69, 9.17) is 22.4 Å². The molecule has 0 aliphatic carbocycles. The molecule has 68 valence electrons. The van der Waals surface area contributed by atoms with E-state index in [-0.39, 0.29) is 0 Å². The summed E-state index contributed by atoms with van der Waals surface area (Å²) in [5.74, 6) is 0.795. The first-order valence-corrected chi connectivity index (χ1v) is 4.20. The molecule has 2 rings (SSSR count). The van der Waals surface area contributed by atoms with Crippen LogP contribution in [-0.2, 0) is 0 Å². The number of hydrogen-bond donors (Lipinski definition) is 3. The lowest BCUT2D eigenvalue weighted by molar-refractivity contribution is -0.525. The van der Waals surface area contributed by atoms with E-state index in [2.05, 4.69) is 4.98 Å². The highest BCUT2D eigenvalue weighted by atomic mass is 35.5. The van der Waals surface area contributed by atoms with Gasteiger partial charge in [0.1, 0.15) is 0 Å². The fourth-order valence-electron chi connectivity index (χ4n) is 1.25. The van der Waals surface area contributed by atoms with Crippen molar-refractivity contribution in [1.29, 1.82) is 0 Å². The Labute approximate surface area is 80.0 Å². The fraction of sp³-hybridized carbons (Fsp3) is 0.125. The van der Waals surface area contributed by atoms with E-state index in [1.165, 1.54) is 0 Å². The molecule has 1 atom stereocenters. The Bertz CT molecular complexity index is 376. The SMILES string of the molecule is NC(O)C1=Cc2cc(Cl)cnc2[NH2+]1. The summed E-state index contributed by atoms with van der Waals surface area (Å²) in [7, 11) is 0. The van der Waals surface area contributed by atoms with E-state index in [9.17, 15) is 0 Å². The van der Waals surface area contributed by atoms with Crippen LogP contribution in [0, 0.1) is 0 Å². The second-order valence-corrected chi connectivity index (χ2v) is 3.30. The van der Waals surface area contributed by atoms with Crippen molar-refractivity contribution < 1.29 is 10.4 Å². The molecule has 1 aromatic rings. The summed E-state index contributed by atoms with van der Waals surface area (Å²) in [6.07, 6.45) is 2.39. The smallest absolute Gasteiger partial charge is 0.236 e. The summed E-state index contributed by atoms with van der Waals surface area (Å²) < 4.78 is 0. The number of pyridine rings is 1. The summed E-state index contributed by atoms with van der Waals surface area (Å²) in [5, 5.41) is 11.4. The van der Waals surface area contributed by atoms with E-state index in [1.54, 1.807) is 23.7 Å². The molecule has 5 heteroatoms. The third kappa shape index (κ3) is 1.57. The molecule has 1 aliphatic rings. The number of quaternary nitrogens is 1. The van der Waals surface area contributed by atoms with Gasteiger partial charge in [0, 0.05) is 6.08 Å². The van der Waals surface area contributed by atoms with Crippen LogP contribution in [0.4, 0.5) is 5.82 Å². The van der Waals surface area contributed by atoms with Crippen molar-refractivity contribution in [1.82, 2.24) is 4.98 Å². The molecule has 0 aromatic carbocycles. The molecule has 0 fully saturated rings. The van der Waals surface area contributed by atoms with Crippen molar-refractivity contribution in [3.05, 3.63) is 28.5 Å². The topological polar surface area (TPSA) is 75.8 Å².